The molecule has 0 saturated heterocycles. The molecule has 0 unspecified atom stereocenters. The van der Waals surface area contributed by atoms with Crippen LogP contribution < -0.4 is 0 Å². The number of methoxy groups -OCH3 is 1. The summed E-state index contributed by atoms with van der Waals surface area (Å²) in [5.41, 5.74) is 1.11. The van der Waals surface area contributed by atoms with Crippen LogP contribution in [0, 0.1) is 0 Å². The zero-order valence-corrected chi connectivity index (χ0v) is 8.97. The van der Waals surface area contributed by atoms with E-state index < -0.39 is 0 Å². The maximum Gasteiger partial charge on any atom is 0.0767 e. The van der Waals surface area contributed by atoms with Gasteiger partial charge >= 0.3 is 0 Å². The number of hydrogen-bond donors (Lipinski definition) is 0. The van der Waals surface area contributed by atoms with Gasteiger partial charge in [0, 0.05) is 27.0 Å². The predicted molar refractivity (Wildman–Crippen MR) is 51.1 cm³/mol. The number of nitrogens with zero attached hydrogens (tertiary/aromatic N) is 2. The van der Waals surface area contributed by atoms with E-state index in [1.54, 1.807) is 7.11 Å². The monoisotopic (exact) mass is 232 g/mol. The van der Waals surface area contributed by atoms with E-state index in [1.165, 1.54) is 0 Å². The molecule has 0 atom stereocenters. The fraction of sp³-hybridized carbons (Fsp3) is 0.625. The zero-order valence-electron chi connectivity index (χ0n) is 7.38. The van der Waals surface area contributed by atoms with Gasteiger partial charge in [-0.15, -0.1) is 0 Å². The molecule has 1 rings (SSSR count). The molecular formula is C8H13BrN2O. The Kier molecular flexibility index (Phi) is 3.75. The van der Waals surface area contributed by atoms with E-state index in [-0.39, 0.29) is 0 Å². The fourth-order valence-electron chi connectivity index (χ4n) is 1.06. The second kappa shape index (κ2) is 4.62. The van der Waals surface area contributed by atoms with Gasteiger partial charge in [0.15, 0.2) is 0 Å². The van der Waals surface area contributed by atoms with Gasteiger partial charge in [0.2, 0.25) is 0 Å². The molecule has 0 aromatic carbocycles. The Labute approximate surface area is 80.8 Å². The predicted octanol–water partition coefficient (Wildman–Crippen LogP) is 1.76. The Morgan fingerprint density at radius 2 is 2.42 bits per heavy atom. The molecule has 0 spiro atoms. The number of ether oxygens (including phenoxy) is 1. The van der Waals surface area contributed by atoms with Crippen LogP contribution in [0.1, 0.15) is 12.1 Å². The minimum Gasteiger partial charge on any atom is -0.385 e. The molecule has 0 radical (unpaired) electrons. The number of halogens is 1. The van der Waals surface area contributed by atoms with E-state index >= 15 is 0 Å². The molecule has 0 bridgehead atoms. The Bertz CT molecular complexity index is 247. The lowest BCUT2D eigenvalue weighted by Gasteiger charge is -1.96. The molecule has 0 aliphatic carbocycles. The first-order chi connectivity index (χ1) is 5.74. The summed E-state index contributed by atoms with van der Waals surface area (Å²) >= 11 is 3.45. The van der Waals surface area contributed by atoms with Gasteiger partial charge in [-0.1, -0.05) is 0 Å². The summed E-state index contributed by atoms with van der Waals surface area (Å²) in [6, 6.07) is 0. The van der Waals surface area contributed by atoms with Crippen LogP contribution in [0.25, 0.3) is 0 Å². The van der Waals surface area contributed by atoms with Crippen LogP contribution in [-0.4, -0.2) is 23.5 Å². The van der Waals surface area contributed by atoms with Gasteiger partial charge in [0.05, 0.1) is 10.2 Å². The highest BCUT2D eigenvalue weighted by molar-refractivity contribution is 9.10. The molecule has 0 amide bonds. The van der Waals surface area contributed by atoms with Crippen LogP contribution in [-0.2, 0) is 18.2 Å². The maximum atomic E-state index is 4.96. The summed E-state index contributed by atoms with van der Waals surface area (Å²) in [6.07, 6.45) is 3.95. The molecule has 1 aromatic heterocycles. The van der Waals surface area contributed by atoms with Crippen molar-refractivity contribution in [1.82, 2.24) is 9.78 Å². The van der Waals surface area contributed by atoms with Crippen LogP contribution in [0.3, 0.4) is 0 Å². The SMILES string of the molecule is COCCCc1nn(C)cc1Br. The van der Waals surface area contributed by atoms with Crippen LogP contribution in [0.15, 0.2) is 10.7 Å². The Balaban J connectivity index is 2.45. The average Bonchev–Trinajstić information content (AvgIpc) is 2.31. The molecule has 0 fully saturated rings. The van der Waals surface area contributed by atoms with E-state index in [9.17, 15) is 0 Å². The first-order valence-electron chi connectivity index (χ1n) is 3.91. The van der Waals surface area contributed by atoms with Crippen molar-refractivity contribution in [3.8, 4) is 0 Å². The van der Waals surface area contributed by atoms with Gasteiger partial charge in [0.25, 0.3) is 0 Å². The van der Waals surface area contributed by atoms with Crippen LogP contribution in [0.5, 0.6) is 0 Å². The fourth-order valence-corrected chi connectivity index (χ4v) is 1.63. The van der Waals surface area contributed by atoms with E-state index in [1.807, 2.05) is 17.9 Å². The Morgan fingerprint density at radius 1 is 1.67 bits per heavy atom. The molecule has 0 aliphatic heterocycles. The van der Waals surface area contributed by atoms with Gasteiger partial charge in [-0.3, -0.25) is 4.68 Å². The molecule has 68 valence electrons. The normalized spacial score (nSPS) is 10.6. The summed E-state index contributed by atoms with van der Waals surface area (Å²) in [5.74, 6) is 0. The van der Waals surface area contributed by atoms with Crippen LogP contribution in [0.2, 0.25) is 0 Å². The van der Waals surface area contributed by atoms with Crippen molar-refractivity contribution >= 4 is 15.9 Å². The largest absolute Gasteiger partial charge is 0.385 e. The Hall–Kier alpha value is -0.350. The summed E-state index contributed by atoms with van der Waals surface area (Å²) in [7, 11) is 3.64. The number of aromatic nitrogens is 2. The zero-order chi connectivity index (χ0) is 8.97. The topological polar surface area (TPSA) is 27.1 Å². The summed E-state index contributed by atoms with van der Waals surface area (Å²) in [5, 5.41) is 4.30. The standard InChI is InChI=1S/C8H13BrN2O/c1-11-6-7(9)8(10-11)4-3-5-12-2/h6H,3-5H2,1-2H3. The summed E-state index contributed by atoms with van der Waals surface area (Å²) in [6.45, 7) is 0.795. The van der Waals surface area contributed by atoms with Crippen molar-refractivity contribution in [1.29, 1.82) is 0 Å². The van der Waals surface area contributed by atoms with Gasteiger partial charge in [-0.2, -0.15) is 5.10 Å². The molecule has 0 saturated carbocycles. The van der Waals surface area contributed by atoms with Crippen molar-refractivity contribution < 1.29 is 4.74 Å². The quantitative estimate of drug-likeness (QED) is 0.741. The third-order valence-corrected chi connectivity index (χ3v) is 2.28. The molecule has 4 heteroatoms. The van der Waals surface area contributed by atoms with Gasteiger partial charge in [0.1, 0.15) is 0 Å². The first kappa shape index (κ1) is 9.74. The highest BCUT2D eigenvalue weighted by Crippen LogP contribution is 2.15. The van der Waals surface area contributed by atoms with Gasteiger partial charge in [-0.05, 0) is 28.8 Å². The van der Waals surface area contributed by atoms with Gasteiger partial charge in [-0.25, -0.2) is 0 Å². The van der Waals surface area contributed by atoms with Gasteiger partial charge < -0.3 is 4.74 Å². The average molecular weight is 233 g/mol. The van der Waals surface area contributed by atoms with E-state index in [0.29, 0.717) is 0 Å². The van der Waals surface area contributed by atoms with E-state index in [2.05, 4.69) is 21.0 Å². The second-order valence-electron chi connectivity index (χ2n) is 2.69. The lowest BCUT2D eigenvalue weighted by atomic mass is 10.2. The van der Waals surface area contributed by atoms with Crippen molar-refractivity contribution in [3.05, 3.63) is 16.4 Å². The van der Waals surface area contributed by atoms with Crippen LogP contribution in [0.4, 0.5) is 0 Å². The second-order valence-corrected chi connectivity index (χ2v) is 3.55. The van der Waals surface area contributed by atoms with E-state index in [0.717, 1.165) is 29.6 Å². The van der Waals surface area contributed by atoms with Crippen molar-refractivity contribution in [2.24, 2.45) is 7.05 Å². The minimum atomic E-state index is 0.795. The van der Waals surface area contributed by atoms with Crippen LogP contribution >= 0.6 is 15.9 Å². The molecular weight excluding hydrogens is 220 g/mol. The highest BCUT2D eigenvalue weighted by atomic mass is 79.9. The molecule has 0 N–H and O–H groups in total. The summed E-state index contributed by atoms with van der Waals surface area (Å²) in [4.78, 5) is 0. The lowest BCUT2D eigenvalue weighted by molar-refractivity contribution is 0.195. The lowest BCUT2D eigenvalue weighted by Crippen LogP contribution is -1.95. The molecule has 12 heavy (non-hydrogen) atoms. The third kappa shape index (κ3) is 2.60. The van der Waals surface area contributed by atoms with E-state index in [4.69, 9.17) is 4.74 Å². The molecule has 0 aliphatic rings. The third-order valence-electron chi connectivity index (χ3n) is 1.62. The highest BCUT2D eigenvalue weighted by Gasteiger charge is 2.03. The molecule has 3 nitrogen and oxygen atoms in total. The molecule has 1 heterocycles. The van der Waals surface area contributed by atoms with Crippen molar-refractivity contribution in [2.45, 2.75) is 12.8 Å². The number of hydrogen-bond acceptors (Lipinski definition) is 2. The molecule has 1 aromatic rings. The van der Waals surface area contributed by atoms with Crippen molar-refractivity contribution in [3.63, 3.8) is 0 Å². The minimum absolute atomic E-state index is 0.795. The number of aryl methyl sites for hydroxylation is 2. The smallest absolute Gasteiger partial charge is 0.0767 e. The maximum absolute atomic E-state index is 4.96. The van der Waals surface area contributed by atoms with Crippen molar-refractivity contribution in [2.75, 3.05) is 13.7 Å². The number of rotatable bonds is 4. The first-order valence-corrected chi connectivity index (χ1v) is 4.70. The summed E-state index contributed by atoms with van der Waals surface area (Å²) < 4.78 is 7.86. The Morgan fingerprint density at radius 3 is 2.92 bits per heavy atom.